The Morgan fingerprint density at radius 3 is 2.34 bits per heavy atom. The van der Waals surface area contributed by atoms with E-state index >= 15 is 0 Å². The highest BCUT2D eigenvalue weighted by Gasteiger charge is 2.28. The molecule has 156 valence electrons. The van der Waals surface area contributed by atoms with Crippen molar-refractivity contribution in [1.82, 2.24) is 4.90 Å². The minimum absolute atomic E-state index is 0.186. The Hall–Kier alpha value is -2.81. The summed E-state index contributed by atoms with van der Waals surface area (Å²) in [6.45, 7) is 1.94. The number of carbonyl (C=O) groups excluding carboxylic acids is 1. The molecule has 3 rings (SSSR count). The fourth-order valence-corrected chi connectivity index (χ4v) is 3.55. The summed E-state index contributed by atoms with van der Waals surface area (Å²) in [6.07, 6.45) is 2.62. The average molecular weight is 410 g/mol. The first kappa shape index (κ1) is 20.9. The fourth-order valence-electron chi connectivity index (χ4n) is 3.55. The maximum absolute atomic E-state index is 13.7. The van der Waals surface area contributed by atoms with Crippen molar-refractivity contribution in [3.63, 3.8) is 0 Å². The van der Waals surface area contributed by atoms with Crippen molar-refractivity contribution in [2.45, 2.75) is 38.1 Å². The summed E-state index contributed by atoms with van der Waals surface area (Å²) in [5, 5.41) is 10.2. The first-order valence-corrected chi connectivity index (χ1v) is 9.27. The summed E-state index contributed by atoms with van der Waals surface area (Å²) < 4.78 is 46.5. The topological polar surface area (TPSA) is 96.8 Å². The quantitative estimate of drug-likeness (QED) is 0.714. The first-order chi connectivity index (χ1) is 13.8. The number of nitrogens with zero attached hydrogens (tertiary/aromatic N) is 1. The van der Waals surface area contributed by atoms with Crippen LogP contribution in [0, 0.1) is 17.5 Å². The van der Waals surface area contributed by atoms with E-state index in [4.69, 9.17) is 10.2 Å². The number of piperidine rings is 1. The molecule has 0 radical (unpaired) electrons. The van der Waals surface area contributed by atoms with Gasteiger partial charge in [0, 0.05) is 12.5 Å². The minimum atomic E-state index is -1.67. The van der Waals surface area contributed by atoms with E-state index in [-0.39, 0.29) is 17.1 Å². The fraction of sp³-hybridized carbons (Fsp3) is 0.400. The van der Waals surface area contributed by atoms with Gasteiger partial charge in [0.15, 0.2) is 23.2 Å². The van der Waals surface area contributed by atoms with E-state index in [0.717, 1.165) is 38.4 Å². The molecule has 1 atom stereocenters. The van der Waals surface area contributed by atoms with Crippen LogP contribution in [0.2, 0.25) is 0 Å². The molecule has 1 saturated heterocycles. The standard InChI is InChI=1S/C20H21F3N2O4/c21-14-6-11(7-15(22)18(14)23)13(9-17(24)27)20-19(28)16(26)8-12(29-20)10-25-4-2-1-3-5-25/h6-8,13,28H,1-5,9-10H2,(H2,24,27)/t13-/m1/s1. The summed E-state index contributed by atoms with van der Waals surface area (Å²) in [4.78, 5) is 25.9. The maximum atomic E-state index is 13.7. The van der Waals surface area contributed by atoms with Crippen molar-refractivity contribution in [3.05, 3.63) is 63.0 Å². The molecule has 1 amide bonds. The van der Waals surface area contributed by atoms with Crippen LogP contribution in [0.25, 0.3) is 0 Å². The molecule has 29 heavy (non-hydrogen) atoms. The third-order valence-corrected chi connectivity index (χ3v) is 4.96. The molecule has 1 aliphatic heterocycles. The number of carbonyl (C=O) groups is 1. The molecule has 2 aromatic rings. The lowest BCUT2D eigenvalue weighted by Gasteiger charge is -2.26. The van der Waals surface area contributed by atoms with Crippen molar-refractivity contribution < 1.29 is 27.5 Å². The molecule has 1 aromatic heterocycles. The zero-order valence-corrected chi connectivity index (χ0v) is 15.6. The van der Waals surface area contributed by atoms with E-state index in [1.807, 2.05) is 0 Å². The summed E-state index contributed by atoms with van der Waals surface area (Å²) in [5.41, 5.74) is 4.30. The number of hydrogen-bond donors (Lipinski definition) is 2. The molecular weight excluding hydrogens is 389 g/mol. The van der Waals surface area contributed by atoms with Gasteiger partial charge in [-0.25, -0.2) is 13.2 Å². The van der Waals surface area contributed by atoms with Gasteiger partial charge in [-0.1, -0.05) is 6.42 Å². The van der Waals surface area contributed by atoms with Crippen molar-refractivity contribution in [1.29, 1.82) is 0 Å². The highest BCUT2D eigenvalue weighted by Crippen LogP contribution is 2.34. The van der Waals surface area contributed by atoms with Gasteiger partial charge in [0.25, 0.3) is 0 Å². The van der Waals surface area contributed by atoms with Crippen molar-refractivity contribution in [2.75, 3.05) is 13.1 Å². The normalized spacial score (nSPS) is 16.0. The number of nitrogens with two attached hydrogens (primary N) is 1. The van der Waals surface area contributed by atoms with Gasteiger partial charge in [0.1, 0.15) is 5.76 Å². The molecule has 1 aromatic carbocycles. The van der Waals surface area contributed by atoms with Gasteiger partial charge in [-0.05, 0) is 43.6 Å². The molecule has 0 aliphatic carbocycles. The van der Waals surface area contributed by atoms with Crippen LogP contribution in [0.15, 0.2) is 27.4 Å². The largest absolute Gasteiger partial charge is 0.502 e. The third kappa shape index (κ3) is 4.79. The second-order valence-electron chi connectivity index (χ2n) is 7.15. The first-order valence-electron chi connectivity index (χ1n) is 9.27. The number of hydrogen-bond acceptors (Lipinski definition) is 5. The van der Waals surface area contributed by atoms with Gasteiger partial charge in [0.05, 0.1) is 12.5 Å². The Balaban J connectivity index is 2.05. The van der Waals surface area contributed by atoms with E-state index in [1.165, 1.54) is 0 Å². The lowest BCUT2D eigenvalue weighted by molar-refractivity contribution is -0.118. The number of halogens is 3. The Labute approximate surface area is 164 Å². The Morgan fingerprint density at radius 1 is 1.14 bits per heavy atom. The van der Waals surface area contributed by atoms with Gasteiger partial charge in [-0.3, -0.25) is 14.5 Å². The Morgan fingerprint density at radius 2 is 1.76 bits per heavy atom. The maximum Gasteiger partial charge on any atom is 0.227 e. The molecule has 1 aliphatic rings. The second kappa shape index (κ2) is 8.69. The number of primary amides is 1. The summed E-state index contributed by atoms with van der Waals surface area (Å²) in [5.74, 6) is -7.62. The predicted molar refractivity (Wildman–Crippen MR) is 97.7 cm³/mol. The van der Waals surface area contributed by atoms with Crippen molar-refractivity contribution >= 4 is 5.91 Å². The van der Waals surface area contributed by atoms with E-state index in [0.29, 0.717) is 18.7 Å². The number of likely N-dealkylation sites (tertiary alicyclic amines) is 1. The van der Waals surface area contributed by atoms with Crippen LogP contribution in [0.3, 0.4) is 0 Å². The number of rotatable bonds is 6. The van der Waals surface area contributed by atoms with Gasteiger partial charge >= 0.3 is 0 Å². The van der Waals surface area contributed by atoms with Crippen LogP contribution in [-0.4, -0.2) is 29.0 Å². The van der Waals surface area contributed by atoms with Crippen LogP contribution < -0.4 is 11.2 Å². The van der Waals surface area contributed by atoms with E-state index < -0.39 is 46.9 Å². The molecule has 6 nitrogen and oxygen atoms in total. The van der Waals surface area contributed by atoms with Crippen LogP contribution in [0.4, 0.5) is 13.2 Å². The lowest BCUT2D eigenvalue weighted by atomic mass is 9.91. The van der Waals surface area contributed by atoms with Crippen LogP contribution in [0.5, 0.6) is 5.75 Å². The molecule has 2 heterocycles. The van der Waals surface area contributed by atoms with E-state index in [2.05, 4.69) is 4.90 Å². The second-order valence-corrected chi connectivity index (χ2v) is 7.15. The molecule has 0 unspecified atom stereocenters. The van der Waals surface area contributed by atoms with E-state index in [1.54, 1.807) is 0 Å². The average Bonchev–Trinajstić information content (AvgIpc) is 2.67. The summed E-state index contributed by atoms with van der Waals surface area (Å²) in [7, 11) is 0. The van der Waals surface area contributed by atoms with Gasteiger partial charge < -0.3 is 15.3 Å². The number of amides is 1. The number of aromatic hydroxyl groups is 1. The van der Waals surface area contributed by atoms with E-state index in [9.17, 15) is 27.9 Å². The molecule has 1 fully saturated rings. The molecule has 0 saturated carbocycles. The smallest absolute Gasteiger partial charge is 0.227 e. The predicted octanol–water partition coefficient (Wildman–Crippen LogP) is 2.76. The lowest BCUT2D eigenvalue weighted by Crippen LogP contribution is -2.29. The molecule has 0 bridgehead atoms. The third-order valence-electron chi connectivity index (χ3n) is 4.96. The minimum Gasteiger partial charge on any atom is -0.502 e. The zero-order valence-electron chi connectivity index (χ0n) is 15.6. The molecule has 3 N–H and O–H groups in total. The summed E-state index contributed by atoms with van der Waals surface area (Å²) >= 11 is 0. The highest BCUT2D eigenvalue weighted by molar-refractivity contribution is 5.75. The van der Waals surface area contributed by atoms with Gasteiger partial charge in [0.2, 0.25) is 17.1 Å². The summed E-state index contributed by atoms with van der Waals surface area (Å²) in [6, 6.07) is 2.51. The van der Waals surface area contributed by atoms with Crippen LogP contribution in [0.1, 0.15) is 48.7 Å². The highest BCUT2D eigenvalue weighted by atomic mass is 19.2. The van der Waals surface area contributed by atoms with Crippen molar-refractivity contribution in [2.24, 2.45) is 5.73 Å². The zero-order chi connectivity index (χ0) is 21.1. The van der Waals surface area contributed by atoms with Crippen LogP contribution in [-0.2, 0) is 11.3 Å². The molecule has 9 heteroatoms. The Bertz CT molecular complexity index is 948. The Kier molecular flexibility index (Phi) is 6.26. The monoisotopic (exact) mass is 410 g/mol. The van der Waals surface area contributed by atoms with Gasteiger partial charge in [-0.15, -0.1) is 0 Å². The number of benzene rings is 1. The SMILES string of the molecule is NC(=O)C[C@H](c1cc(F)c(F)c(F)c1)c1oc(CN2CCCCC2)cc(=O)c1O. The molecular formula is C20H21F3N2O4. The van der Waals surface area contributed by atoms with Crippen LogP contribution >= 0.6 is 0 Å². The molecule has 0 spiro atoms. The van der Waals surface area contributed by atoms with Gasteiger partial charge in [-0.2, -0.15) is 0 Å². The van der Waals surface area contributed by atoms with Crippen molar-refractivity contribution in [3.8, 4) is 5.75 Å².